The van der Waals surface area contributed by atoms with Gasteiger partial charge >= 0.3 is 0 Å². The van der Waals surface area contributed by atoms with Gasteiger partial charge < -0.3 is 9.88 Å². The van der Waals surface area contributed by atoms with Crippen molar-refractivity contribution in [2.45, 2.75) is 95.0 Å². The Balaban J connectivity index is 1.52. The van der Waals surface area contributed by atoms with Crippen LogP contribution in [-0.4, -0.2) is 57.8 Å². The second kappa shape index (κ2) is 8.84. The van der Waals surface area contributed by atoms with Gasteiger partial charge in [0.2, 0.25) is 15.0 Å². The van der Waals surface area contributed by atoms with Gasteiger partial charge in [0, 0.05) is 51.9 Å². The van der Waals surface area contributed by atoms with E-state index in [0.29, 0.717) is 30.0 Å². The lowest BCUT2D eigenvalue weighted by atomic mass is 9.77. The maximum absolute atomic E-state index is 12.8. The van der Waals surface area contributed by atoms with Crippen molar-refractivity contribution >= 4 is 26.6 Å². The van der Waals surface area contributed by atoms with Crippen LogP contribution in [0.1, 0.15) is 72.8 Å². The Hall–Kier alpha value is -2.45. The molecule has 1 N–H and O–H groups in total. The topological polar surface area (TPSA) is 80.1 Å². The van der Waals surface area contributed by atoms with E-state index in [9.17, 15) is 8.42 Å². The van der Waals surface area contributed by atoms with Gasteiger partial charge in [-0.1, -0.05) is 13.0 Å². The van der Waals surface area contributed by atoms with Crippen molar-refractivity contribution in [1.29, 1.82) is 0 Å². The summed E-state index contributed by atoms with van der Waals surface area (Å²) in [5.74, 6) is 0.635. The first-order valence-corrected chi connectivity index (χ1v) is 14.8. The Kier molecular flexibility index (Phi) is 6.19. The van der Waals surface area contributed by atoms with E-state index in [1.807, 2.05) is 13.0 Å². The molecule has 0 radical (unpaired) electrons. The van der Waals surface area contributed by atoms with Crippen LogP contribution in [0.3, 0.4) is 0 Å². The molecule has 1 aromatic carbocycles. The summed E-state index contributed by atoms with van der Waals surface area (Å²) in [5, 5.41) is 4.41. The Morgan fingerprint density at radius 2 is 1.72 bits per heavy atom. The molecule has 3 aromatic rings. The molecule has 2 aromatic heterocycles. The molecule has 36 heavy (non-hydrogen) atoms. The Labute approximate surface area is 215 Å². The highest BCUT2D eigenvalue weighted by Gasteiger charge is 2.43. The number of aromatic nitrogens is 3. The maximum Gasteiger partial charge on any atom is 0.249 e. The zero-order valence-electron chi connectivity index (χ0n) is 22.4. The number of hydrogen-bond acceptors (Lipinski definition) is 6. The van der Waals surface area contributed by atoms with Crippen LogP contribution < -0.4 is 5.32 Å². The first-order valence-electron chi connectivity index (χ1n) is 13.1. The molecule has 0 bridgehead atoms. The van der Waals surface area contributed by atoms with Gasteiger partial charge in [-0.2, -0.15) is 0 Å². The second-order valence-electron chi connectivity index (χ2n) is 11.9. The van der Waals surface area contributed by atoms with E-state index in [1.165, 1.54) is 5.52 Å². The smallest absolute Gasteiger partial charge is 0.249 e. The molecule has 5 rings (SSSR count). The lowest BCUT2D eigenvalue weighted by Gasteiger charge is -2.54. The summed E-state index contributed by atoms with van der Waals surface area (Å²) in [4.78, 5) is 11.4. The highest BCUT2D eigenvalue weighted by molar-refractivity contribution is 7.91. The highest BCUT2D eigenvalue weighted by Crippen LogP contribution is 2.43. The number of nitrogens with one attached hydrogen (secondary N) is 1. The number of likely N-dealkylation sites (tertiary alicyclic amines) is 1. The van der Waals surface area contributed by atoms with Gasteiger partial charge in [-0.15, -0.1) is 0 Å². The quantitative estimate of drug-likeness (QED) is 0.413. The molecule has 2 aliphatic rings. The first kappa shape index (κ1) is 25.2. The standard InChI is InChI=1S/C28H39N5O2S/c1-7-14-36(34,35)26-30-23(16-25(31-26)29-21-9-10-21)19-8-11-24-20(15-19)12-13-33(24)22-17-27(2,3)32(6)28(4,5)18-22/h8,11-13,15-16,21-22H,7,9-10,14,17-18H2,1-6H3,(H,29,30,31). The summed E-state index contributed by atoms with van der Waals surface area (Å²) in [6.45, 7) is 11.2. The van der Waals surface area contributed by atoms with Crippen LogP contribution in [-0.2, 0) is 9.84 Å². The number of rotatable bonds is 7. The van der Waals surface area contributed by atoms with Crippen LogP contribution in [0.4, 0.5) is 5.82 Å². The van der Waals surface area contributed by atoms with Gasteiger partial charge in [-0.25, -0.2) is 18.4 Å². The maximum atomic E-state index is 12.8. The Morgan fingerprint density at radius 1 is 1.03 bits per heavy atom. The molecule has 8 heteroatoms. The van der Waals surface area contributed by atoms with Crippen molar-refractivity contribution in [3.8, 4) is 11.3 Å². The molecule has 3 heterocycles. The van der Waals surface area contributed by atoms with Crippen molar-refractivity contribution in [3.63, 3.8) is 0 Å². The van der Waals surface area contributed by atoms with E-state index in [2.05, 4.69) is 90.0 Å². The summed E-state index contributed by atoms with van der Waals surface area (Å²) < 4.78 is 28.1. The molecule has 1 saturated carbocycles. The summed E-state index contributed by atoms with van der Waals surface area (Å²) in [6.07, 6.45) is 7.07. The van der Waals surface area contributed by atoms with E-state index < -0.39 is 9.84 Å². The Morgan fingerprint density at radius 3 is 2.36 bits per heavy atom. The minimum Gasteiger partial charge on any atom is -0.367 e. The van der Waals surface area contributed by atoms with Gasteiger partial charge in [-0.3, -0.25) is 4.90 Å². The monoisotopic (exact) mass is 509 g/mol. The molecule has 0 amide bonds. The van der Waals surface area contributed by atoms with E-state index in [0.717, 1.165) is 36.6 Å². The third-order valence-corrected chi connectivity index (χ3v) is 9.77. The zero-order valence-corrected chi connectivity index (χ0v) is 23.2. The largest absolute Gasteiger partial charge is 0.367 e. The first-order chi connectivity index (χ1) is 16.9. The van der Waals surface area contributed by atoms with Crippen molar-refractivity contribution in [3.05, 3.63) is 36.5 Å². The van der Waals surface area contributed by atoms with Gasteiger partial charge in [0.05, 0.1) is 11.4 Å². The molecule has 194 valence electrons. The molecular weight excluding hydrogens is 470 g/mol. The van der Waals surface area contributed by atoms with Crippen molar-refractivity contribution in [2.24, 2.45) is 0 Å². The average molecular weight is 510 g/mol. The summed E-state index contributed by atoms with van der Waals surface area (Å²) in [7, 11) is -1.29. The van der Waals surface area contributed by atoms with Crippen LogP contribution >= 0.6 is 0 Å². The fraction of sp³-hybridized carbons (Fsp3) is 0.571. The van der Waals surface area contributed by atoms with Crippen LogP contribution in [0.2, 0.25) is 0 Å². The average Bonchev–Trinajstić information content (AvgIpc) is 3.51. The number of anilines is 1. The molecule has 0 atom stereocenters. The minimum absolute atomic E-state index is 0.0461. The molecule has 1 saturated heterocycles. The number of hydrogen-bond donors (Lipinski definition) is 1. The lowest BCUT2D eigenvalue weighted by molar-refractivity contribution is -0.0252. The van der Waals surface area contributed by atoms with E-state index >= 15 is 0 Å². The number of benzene rings is 1. The van der Waals surface area contributed by atoms with E-state index in [4.69, 9.17) is 0 Å². The fourth-order valence-corrected chi connectivity index (χ4v) is 6.93. The molecular formula is C28H39N5O2S. The predicted octanol–water partition coefficient (Wildman–Crippen LogP) is 5.68. The second-order valence-corrected chi connectivity index (χ2v) is 13.9. The van der Waals surface area contributed by atoms with E-state index in [1.54, 1.807) is 0 Å². The number of piperidine rings is 1. The summed E-state index contributed by atoms with van der Waals surface area (Å²) >= 11 is 0. The van der Waals surface area contributed by atoms with Gasteiger partial charge in [0.1, 0.15) is 5.82 Å². The lowest BCUT2D eigenvalue weighted by Crippen LogP contribution is -2.58. The van der Waals surface area contributed by atoms with Gasteiger partial charge in [0.25, 0.3) is 0 Å². The third-order valence-electron chi connectivity index (χ3n) is 8.08. The van der Waals surface area contributed by atoms with Gasteiger partial charge in [-0.05, 0) is 85.0 Å². The van der Waals surface area contributed by atoms with Crippen LogP contribution in [0.25, 0.3) is 22.2 Å². The predicted molar refractivity (Wildman–Crippen MR) is 146 cm³/mol. The van der Waals surface area contributed by atoms with Crippen LogP contribution in [0, 0.1) is 0 Å². The number of sulfone groups is 1. The number of nitrogens with zero attached hydrogens (tertiary/aromatic N) is 4. The highest BCUT2D eigenvalue weighted by atomic mass is 32.2. The molecule has 1 aliphatic heterocycles. The molecule has 7 nitrogen and oxygen atoms in total. The molecule has 1 aliphatic carbocycles. The van der Waals surface area contributed by atoms with Gasteiger partial charge in [0.15, 0.2) is 0 Å². The normalized spacial score (nSPS) is 20.6. The van der Waals surface area contributed by atoms with Crippen LogP contribution in [0.15, 0.2) is 41.7 Å². The third kappa shape index (κ3) is 4.77. The Bertz CT molecular complexity index is 1370. The van der Waals surface area contributed by atoms with Crippen molar-refractivity contribution in [2.75, 3.05) is 18.1 Å². The SMILES string of the molecule is CCCS(=O)(=O)c1nc(NC2CC2)cc(-c2ccc3c(ccn3C3CC(C)(C)N(C)C(C)(C)C3)c2)n1. The van der Waals surface area contributed by atoms with Crippen LogP contribution in [0.5, 0.6) is 0 Å². The zero-order chi connectivity index (χ0) is 25.9. The molecule has 0 unspecified atom stereocenters. The number of fused-ring (bicyclic) bond motifs is 1. The fourth-order valence-electron chi connectivity index (χ4n) is 5.74. The minimum atomic E-state index is -3.53. The van der Waals surface area contributed by atoms with Crippen molar-refractivity contribution < 1.29 is 8.42 Å². The molecule has 2 fully saturated rings. The molecule has 0 spiro atoms. The van der Waals surface area contributed by atoms with Crippen molar-refractivity contribution in [1.82, 2.24) is 19.4 Å². The van der Waals surface area contributed by atoms with E-state index in [-0.39, 0.29) is 22.0 Å². The summed E-state index contributed by atoms with van der Waals surface area (Å²) in [5.41, 5.74) is 2.95. The summed E-state index contributed by atoms with van der Waals surface area (Å²) in [6, 6.07) is 11.2.